The van der Waals surface area contributed by atoms with Crippen LogP contribution in [0.3, 0.4) is 0 Å². The van der Waals surface area contributed by atoms with E-state index < -0.39 is 0 Å². The molecule has 0 spiro atoms. The molecule has 188 valence electrons. The summed E-state index contributed by atoms with van der Waals surface area (Å²) in [6, 6.07) is 18.8. The van der Waals surface area contributed by atoms with E-state index in [2.05, 4.69) is 6.07 Å². The minimum atomic E-state index is -0.257. The monoisotopic (exact) mass is 488 g/mol. The van der Waals surface area contributed by atoms with Crippen molar-refractivity contribution >= 4 is 23.5 Å². The third-order valence-electron chi connectivity index (χ3n) is 6.40. The lowest BCUT2D eigenvalue weighted by atomic mass is 9.97. The number of aryl methyl sites for hydroxylation is 1. The van der Waals surface area contributed by atoms with Gasteiger partial charge in [-0.05, 0) is 62.1 Å². The highest BCUT2D eigenvalue weighted by Crippen LogP contribution is 2.23. The van der Waals surface area contributed by atoms with Gasteiger partial charge in [-0.1, -0.05) is 42.0 Å². The largest absolute Gasteiger partial charge is 0.466 e. The molecule has 3 aromatic rings. The lowest BCUT2D eigenvalue weighted by Gasteiger charge is -2.31. The summed E-state index contributed by atoms with van der Waals surface area (Å²) in [5, 5.41) is 0. The molecule has 0 aliphatic carbocycles. The standard InChI is InChI=1S/C29H32N2O5/c1-3-35-29(34)24-9-5-15-30(20-24)27(32)18-22-11-13-25(14-12-22)31(28(33)26-10-6-16-36-26)19-23-8-4-7-21(2)17-23/h4,6-8,10-14,16-17,24H,3,5,9,15,18-20H2,1-2H3/t24-/m0/s1. The van der Waals surface area contributed by atoms with Crippen molar-refractivity contribution < 1.29 is 23.5 Å². The summed E-state index contributed by atoms with van der Waals surface area (Å²) in [4.78, 5) is 41.7. The Balaban J connectivity index is 1.46. The van der Waals surface area contributed by atoms with E-state index >= 15 is 0 Å². The van der Waals surface area contributed by atoms with Crippen molar-refractivity contribution in [3.63, 3.8) is 0 Å². The molecule has 0 bridgehead atoms. The van der Waals surface area contributed by atoms with Crippen LogP contribution in [0, 0.1) is 12.8 Å². The number of carbonyl (C=O) groups excluding carboxylic acids is 3. The van der Waals surface area contributed by atoms with Gasteiger partial charge in [-0.25, -0.2) is 0 Å². The van der Waals surface area contributed by atoms with E-state index in [1.807, 2.05) is 49.4 Å². The second-order valence-corrected chi connectivity index (χ2v) is 9.13. The molecular weight excluding hydrogens is 456 g/mol. The zero-order valence-corrected chi connectivity index (χ0v) is 20.8. The fraction of sp³-hybridized carbons (Fsp3) is 0.345. The summed E-state index contributed by atoms with van der Waals surface area (Å²) in [6.07, 6.45) is 3.26. The molecule has 2 aromatic carbocycles. The van der Waals surface area contributed by atoms with Crippen molar-refractivity contribution in [3.05, 3.63) is 89.4 Å². The maximum Gasteiger partial charge on any atom is 0.310 e. The summed E-state index contributed by atoms with van der Waals surface area (Å²) in [5.41, 5.74) is 3.70. The van der Waals surface area contributed by atoms with Crippen LogP contribution in [0.25, 0.3) is 0 Å². The zero-order valence-electron chi connectivity index (χ0n) is 20.8. The molecule has 1 fully saturated rings. The maximum atomic E-state index is 13.2. The highest BCUT2D eigenvalue weighted by molar-refractivity contribution is 6.04. The number of hydrogen-bond donors (Lipinski definition) is 0. The average molecular weight is 489 g/mol. The minimum absolute atomic E-state index is 0.0139. The quantitative estimate of drug-likeness (QED) is 0.427. The highest BCUT2D eigenvalue weighted by Gasteiger charge is 2.29. The Hall–Kier alpha value is -3.87. The topological polar surface area (TPSA) is 80.1 Å². The molecule has 7 nitrogen and oxygen atoms in total. The molecular formula is C29H32N2O5. The van der Waals surface area contributed by atoms with Gasteiger partial charge in [0.15, 0.2) is 5.76 Å². The Kier molecular flexibility index (Phi) is 8.21. The number of nitrogens with zero attached hydrogens (tertiary/aromatic N) is 2. The second kappa shape index (κ2) is 11.7. The number of esters is 1. The van der Waals surface area contributed by atoms with Crippen molar-refractivity contribution in [3.8, 4) is 0 Å². The van der Waals surface area contributed by atoms with Crippen molar-refractivity contribution in [1.82, 2.24) is 4.90 Å². The molecule has 0 saturated carbocycles. The Morgan fingerprint density at radius 3 is 2.56 bits per heavy atom. The van der Waals surface area contributed by atoms with Gasteiger partial charge in [-0.2, -0.15) is 0 Å². The number of amides is 2. The summed E-state index contributed by atoms with van der Waals surface area (Å²) in [5.74, 6) is -0.464. The van der Waals surface area contributed by atoms with Crippen molar-refractivity contribution in [1.29, 1.82) is 0 Å². The van der Waals surface area contributed by atoms with Crippen LogP contribution in [0.4, 0.5) is 5.69 Å². The van der Waals surface area contributed by atoms with E-state index in [0.29, 0.717) is 26.2 Å². The fourth-order valence-corrected chi connectivity index (χ4v) is 4.54. The molecule has 0 radical (unpaired) electrons. The van der Waals surface area contributed by atoms with Gasteiger partial charge in [0.2, 0.25) is 5.91 Å². The first-order valence-electron chi connectivity index (χ1n) is 12.4. The number of likely N-dealkylation sites (tertiary alicyclic amines) is 1. The number of piperidine rings is 1. The van der Waals surface area contributed by atoms with Crippen LogP contribution in [-0.4, -0.2) is 42.4 Å². The number of anilines is 1. The van der Waals surface area contributed by atoms with Gasteiger partial charge in [0.05, 0.1) is 31.8 Å². The third kappa shape index (κ3) is 6.22. The predicted molar refractivity (Wildman–Crippen MR) is 136 cm³/mol. The lowest BCUT2D eigenvalue weighted by Crippen LogP contribution is -2.43. The number of benzene rings is 2. The normalized spacial score (nSPS) is 15.4. The molecule has 0 N–H and O–H groups in total. The third-order valence-corrected chi connectivity index (χ3v) is 6.40. The van der Waals surface area contributed by atoms with Crippen LogP contribution in [0.2, 0.25) is 0 Å². The molecule has 1 aliphatic heterocycles. The highest BCUT2D eigenvalue weighted by atomic mass is 16.5. The van der Waals surface area contributed by atoms with Crippen LogP contribution >= 0.6 is 0 Å². The van der Waals surface area contributed by atoms with Crippen molar-refractivity contribution in [2.45, 2.75) is 39.7 Å². The van der Waals surface area contributed by atoms with Crippen LogP contribution in [0.15, 0.2) is 71.3 Å². The molecule has 7 heteroatoms. The summed E-state index contributed by atoms with van der Waals surface area (Å²) in [7, 11) is 0. The van der Waals surface area contributed by atoms with Gasteiger partial charge in [0.1, 0.15) is 0 Å². The van der Waals surface area contributed by atoms with Gasteiger partial charge in [0.25, 0.3) is 5.91 Å². The molecule has 2 heterocycles. The number of carbonyl (C=O) groups is 3. The number of rotatable bonds is 8. The fourth-order valence-electron chi connectivity index (χ4n) is 4.54. The van der Waals surface area contributed by atoms with Crippen LogP contribution in [-0.2, 0) is 27.3 Å². The van der Waals surface area contributed by atoms with E-state index in [-0.39, 0.29) is 35.9 Å². The molecule has 1 aliphatic rings. The second-order valence-electron chi connectivity index (χ2n) is 9.13. The predicted octanol–water partition coefficient (Wildman–Crippen LogP) is 4.78. The van der Waals surface area contributed by atoms with Crippen molar-refractivity contribution in [2.24, 2.45) is 5.92 Å². The van der Waals surface area contributed by atoms with E-state index in [1.165, 1.54) is 6.26 Å². The lowest BCUT2D eigenvalue weighted by molar-refractivity contribution is -0.151. The molecule has 1 saturated heterocycles. The molecule has 2 amide bonds. The van der Waals surface area contributed by atoms with Gasteiger partial charge in [-0.3, -0.25) is 14.4 Å². The summed E-state index contributed by atoms with van der Waals surface area (Å²) >= 11 is 0. The Morgan fingerprint density at radius 2 is 1.86 bits per heavy atom. The van der Waals surface area contributed by atoms with Gasteiger partial charge >= 0.3 is 5.97 Å². The van der Waals surface area contributed by atoms with Crippen LogP contribution in [0.1, 0.15) is 47.0 Å². The van der Waals surface area contributed by atoms with E-state index in [9.17, 15) is 14.4 Å². The van der Waals surface area contributed by atoms with Crippen LogP contribution < -0.4 is 4.90 Å². The smallest absolute Gasteiger partial charge is 0.310 e. The zero-order chi connectivity index (χ0) is 25.5. The number of hydrogen-bond acceptors (Lipinski definition) is 5. The molecule has 36 heavy (non-hydrogen) atoms. The average Bonchev–Trinajstić information content (AvgIpc) is 3.43. The Morgan fingerprint density at radius 1 is 1.06 bits per heavy atom. The van der Waals surface area contributed by atoms with Crippen molar-refractivity contribution in [2.75, 3.05) is 24.6 Å². The van der Waals surface area contributed by atoms with Gasteiger partial charge < -0.3 is 19.0 Å². The first-order valence-corrected chi connectivity index (χ1v) is 12.4. The molecule has 4 rings (SSSR count). The van der Waals surface area contributed by atoms with E-state index in [1.54, 1.807) is 28.9 Å². The Labute approximate surface area is 211 Å². The van der Waals surface area contributed by atoms with Gasteiger partial charge in [-0.15, -0.1) is 0 Å². The molecule has 1 aromatic heterocycles. The summed E-state index contributed by atoms with van der Waals surface area (Å²) in [6.45, 7) is 5.59. The summed E-state index contributed by atoms with van der Waals surface area (Å²) < 4.78 is 10.5. The first-order chi connectivity index (χ1) is 17.4. The Bertz CT molecular complexity index is 1190. The first kappa shape index (κ1) is 25.2. The van der Waals surface area contributed by atoms with E-state index in [0.717, 1.165) is 35.2 Å². The molecule has 1 atom stereocenters. The molecule has 0 unspecified atom stereocenters. The minimum Gasteiger partial charge on any atom is -0.466 e. The van der Waals surface area contributed by atoms with Gasteiger partial charge in [0, 0.05) is 18.8 Å². The van der Waals surface area contributed by atoms with E-state index in [4.69, 9.17) is 9.15 Å². The van der Waals surface area contributed by atoms with Crippen LogP contribution in [0.5, 0.6) is 0 Å². The number of ether oxygens (including phenoxy) is 1. The SMILES string of the molecule is CCOC(=O)[C@H]1CCCN(C(=O)Cc2ccc(N(Cc3cccc(C)c3)C(=O)c3ccco3)cc2)C1. The number of furan rings is 1. The maximum absolute atomic E-state index is 13.2.